The standard InChI is InChI=1S/C13H20ClFN2O2S.ClH/c1-4-13(16,5-2)8-17-20(18,19)12-6-9(3)11(15)7-10(12)14;/h6-7,17H,4-5,8,16H2,1-3H3;1H. The van der Waals surface area contributed by atoms with E-state index in [1.807, 2.05) is 13.8 Å². The van der Waals surface area contributed by atoms with Gasteiger partial charge in [0.05, 0.1) is 5.02 Å². The van der Waals surface area contributed by atoms with Crippen LogP contribution in [0.2, 0.25) is 5.02 Å². The Morgan fingerprint density at radius 3 is 2.33 bits per heavy atom. The quantitative estimate of drug-likeness (QED) is 0.820. The Kier molecular flexibility index (Phi) is 7.59. The summed E-state index contributed by atoms with van der Waals surface area (Å²) in [6.45, 7) is 5.38. The summed E-state index contributed by atoms with van der Waals surface area (Å²) in [4.78, 5) is -0.132. The zero-order valence-electron chi connectivity index (χ0n) is 12.2. The minimum atomic E-state index is -3.81. The van der Waals surface area contributed by atoms with Gasteiger partial charge in [0.1, 0.15) is 10.7 Å². The van der Waals surface area contributed by atoms with Gasteiger partial charge < -0.3 is 5.73 Å². The molecule has 0 bridgehead atoms. The van der Waals surface area contributed by atoms with Gasteiger partial charge in [-0.05, 0) is 37.5 Å². The highest BCUT2D eigenvalue weighted by Crippen LogP contribution is 2.25. The van der Waals surface area contributed by atoms with Crippen LogP contribution in [0.5, 0.6) is 0 Å². The normalized spacial score (nSPS) is 12.1. The zero-order valence-corrected chi connectivity index (χ0v) is 14.6. The molecular formula is C13H21Cl2FN2O2S. The average Bonchev–Trinajstić information content (AvgIpc) is 2.40. The van der Waals surface area contributed by atoms with Crippen molar-refractivity contribution in [1.82, 2.24) is 4.72 Å². The number of hydrogen-bond donors (Lipinski definition) is 2. The minimum absolute atomic E-state index is 0. The topological polar surface area (TPSA) is 72.2 Å². The number of sulfonamides is 1. The molecule has 0 aromatic heterocycles. The van der Waals surface area contributed by atoms with Crippen molar-refractivity contribution < 1.29 is 12.8 Å². The molecule has 0 radical (unpaired) electrons. The van der Waals surface area contributed by atoms with Crippen molar-refractivity contribution in [3.8, 4) is 0 Å². The summed E-state index contributed by atoms with van der Waals surface area (Å²) in [6.07, 6.45) is 1.28. The van der Waals surface area contributed by atoms with Crippen LogP contribution in [0.25, 0.3) is 0 Å². The van der Waals surface area contributed by atoms with Crippen molar-refractivity contribution in [1.29, 1.82) is 0 Å². The Hall–Kier alpha value is -0.400. The summed E-state index contributed by atoms with van der Waals surface area (Å²) in [7, 11) is -3.81. The number of halogens is 3. The van der Waals surface area contributed by atoms with E-state index in [0.717, 1.165) is 6.07 Å². The van der Waals surface area contributed by atoms with Crippen molar-refractivity contribution in [3.05, 3.63) is 28.5 Å². The van der Waals surface area contributed by atoms with Gasteiger partial charge in [0.15, 0.2) is 0 Å². The number of rotatable bonds is 6. The van der Waals surface area contributed by atoms with Crippen LogP contribution in [-0.2, 0) is 10.0 Å². The molecular weight excluding hydrogens is 338 g/mol. The van der Waals surface area contributed by atoms with Gasteiger partial charge >= 0.3 is 0 Å². The second kappa shape index (κ2) is 7.74. The van der Waals surface area contributed by atoms with Crippen LogP contribution in [0.3, 0.4) is 0 Å². The van der Waals surface area contributed by atoms with Gasteiger partial charge in [0, 0.05) is 12.1 Å². The van der Waals surface area contributed by atoms with E-state index in [0.29, 0.717) is 12.8 Å². The van der Waals surface area contributed by atoms with Crippen molar-refractivity contribution in [3.63, 3.8) is 0 Å². The van der Waals surface area contributed by atoms with E-state index in [1.54, 1.807) is 0 Å². The number of hydrogen-bond acceptors (Lipinski definition) is 3. The maximum Gasteiger partial charge on any atom is 0.242 e. The third kappa shape index (κ3) is 5.07. The highest BCUT2D eigenvalue weighted by Gasteiger charge is 2.25. The first-order chi connectivity index (χ1) is 9.15. The van der Waals surface area contributed by atoms with Crippen molar-refractivity contribution in [2.24, 2.45) is 5.73 Å². The molecule has 0 amide bonds. The van der Waals surface area contributed by atoms with Crippen molar-refractivity contribution >= 4 is 34.0 Å². The molecule has 0 fully saturated rings. The third-order valence-corrected chi connectivity index (χ3v) is 5.39. The van der Waals surface area contributed by atoms with E-state index in [4.69, 9.17) is 17.3 Å². The first-order valence-electron chi connectivity index (χ1n) is 6.39. The van der Waals surface area contributed by atoms with E-state index in [-0.39, 0.29) is 34.4 Å². The van der Waals surface area contributed by atoms with Crippen LogP contribution in [-0.4, -0.2) is 20.5 Å². The molecule has 0 aliphatic heterocycles. The molecule has 0 unspecified atom stereocenters. The van der Waals surface area contributed by atoms with Gasteiger partial charge in [-0.25, -0.2) is 17.5 Å². The molecule has 3 N–H and O–H groups in total. The summed E-state index contributed by atoms with van der Waals surface area (Å²) in [6, 6.07) is 2.22. The highest BCUT2D eigenvalue weighted by molar-refractivity contribution is 7.89. The molecule has 1 rings (SSSR count). The van der Waals surface area contributed by atoms with Crippen molar-refractivity contribution in [2.75, 3.05) is 6.54 Å². The fourth-order valence-electron chi connectivity index (χ4n) is 1.65. The molecule has 0 heterocycles. The van der Waals surface area contributed by atoms with Crippen molar-refractivity contribution in [2.45, 2.75) is 44.0 Å². The van der Waals surface area contributed by atoms with Gasteiger partial charge in [0.2, 0.25) is 10.0 Å². The summed E-state index contributed by atoms with van der Waals surface area (Å²) in [5, 5.41) is -0.142. The minimum Gasteiger partial charge on any atom is -0.324 e. The molecule has 0 saturated heterocycles. The molecule has 0 atom stereocenters. The van der Waals surface area contributed by atoms with Gasteiger partial charge in [0.25, 0.3) is 0 Å². The molecule has 1 aromatic carbocycles. The SMILES string of the molecule is CCC(N)(CC)CNS(=O)(=O)c1cc(C)c(F)cc1Cl.Cl. The fraction of sp³-hybridized carbons (Fsp3) is 0.538. The molecule has 8 heteroatoms. The second-order valence-corrected chi connectivity index (χ2v) is 7.07. The smallest absolute Gasteiger partial charge is 0.242 e. The lowest BCUT2D eigenvalue weighted by atomic mass is 9.95. The lowest BCUT2D eigenvalue weighted by molar-refractivity contribution is 0.391. The molecule has 1 aromatic rings. The lowest BCUT2D eigenvalue weighted by Gasteiger charge is -2.26. The Morgan fingerprint density at radius 2 is 1.86 bits per heavy atom. The number of nitrogens with two attached hydrogens (primary N) is 1. The first kappa shape index (κ1) is 20.6. The predicted molar refractivity (Wildman–Crippen MR) is 86.1 cm³/mol. The second-order valence-electron chi connectivity index (χ2n) is 4.93. The number of aryl methyl sites for hydroxylation is 1. The molecule has 4 nitrogen and oxygen atoms in total. The molecule has 0 aliphatic carbocycles. The summed E-state index contributed by atoms with van der Waals surface area (Å²) in [5.74, 6) is -0.538. The molecule has 21 heavy (non-hydrogen) atoms. The maximum absolute atomic E-state index is 13.3. The van der Waals surface area contributed by atoms with Crippen LogP contribution >= 0.6 is 24.0 Å². The van der Waals surface area contributed by atoms with E-state index < -0.39 is 21.4 Å². The zero-order chi connectivity index (χ0) is 15.6. The summed E-state index contributed by atoms with van der Waals surface area (Å²) >= 11 is 5.81. The van der Waals surface area contributed by atoms with Gasteiger partial charge in [-0.15, -0.1) is 12.4 Å². The third-order valence-electron chi connectivity index (χ3n) is 3.53. The monoisotopic (exact) mass is 358 g/mol. The molecule has 0 aliphatic rings. The number of benzene rings is 1. The van der Waals surface area contributed by atoms with E-state index in [1.165, 1.54) is 13.0 Å². The summed E-state index contributed by atoms with van der Waals surface area (Å²) in [5.41, 5.74) is 5.67. The van der Waals surface area contributed by atoms with Crippen LogP contribution in [0.1, 0.15) is 32.3 Å². The van der Waals surface area contributed by atoms with Crippen LogP contribution in [0, 0.1) is 12.7 Å². The fourth-order valence-corrected chi connectivity index (χ4v) is 3.39. The van der Waals surface area contributed by atoms with Crippen LogP contribution in [0.4, 0.5) is 4.39 Å². The van der Waals surface area contributed by atoms with Gasteiger partial charge in [-0.1, -0.05) is 25.4 Å². The van der Waals surface area contributed by atoms with Crippen LogP contribution < -0.4 is 10.5 Å². The molecule has 0 spiro atoms. The molecule has 0 saturated carbocycles. The molecule has 122 valence electrons. The Balaban J connectivity index is 0.00000400. The Bertz CT molecular complexity index is 590. The van der Waals surface area contributed by atoms with Crippen LogP contribution in [0.15, 0.2) is 17.0 Å². The van der Waals surface area contributed by atoms with E-state index in [9.17, 15) is 12.8 Å². The predicted octanol–water partition coefficient (Wildman–Crippen LogP) is 3.01. The lowest BCUT2D eigenvalue weighted by Crippen LogP contribution is -2.49. The van der Waals surface area contributed by atoms with E-state index >= 15 is 0 Å². The Labute approximate surface area is 136 Å². The van der Waals surface area contributed by atoms with E-state index in [2.05, 4.69) is 4.72 Å². The Morgan fingerprint density at radius 1 is 1.33 bits per heavy atom. The maximum atomic E-state index is 13.3. The summed E-state index contributed by atoms with van der Waals surface area (Å²) < 4.78 is 40.2. The largest absolute Gasteiger partial charge is 0.324 e. The highest BCUT2D eigenvalue weighted by atomic mass is 35.5. The number of nitrogens with one attached hydrogen (secondary N) is 1. The average molecular weight is 359 g/mol. The van der Waals surface area contributed by atoms with Gasteiger partial charge in [-0.2, -0.15) is 0 Å². The van der Waals surface area contributed by atoms with Gasteiger partial charge in [-0.3, -0.25) is 0 Å². The first-order valence-corrected chi connectivity index (χ1v) is 8.25.